The molecule has 0 aromatic carbocycles. The van der Waals surface area contributed by atoms with Gasteiger partial charge in [0, 0.05) is 11.8 Å². The van der Waals surface area contributed by atoms with Gasteiger partial charge in [-0.05, 0) is 34.7 Å². The Morgan fingerprint density at radius 3 is 2.44 bits per heavy atom. The number of nitrogens with one attached hydrogen (secondary N) is 2. The molecule has 0 saturated heterocycles. The maximum atomic E-state index is 11.8. The zero-order valence-electron chi connectivity index (χ0n) is 11.8. The summed E-state index contributed by atoms with van der Waals surface area (Å²) >= 11 is 1.41. The lowest BCUT2D eigenvalue weighted by Crippen LogP contribution is -2.51. The molecule has 1 atom stereocenters. The lowest BCUT2D eigenvalue weighted by Gasteiger charge is -2.26. The minimum absolute atomic E-state index is 0.0164. The Bertz CT molecular complexity index is 284. The summed E-state index contributed by atoms with van der Waals surface area (Å²) < 4.78 is 5.00. The van der Waals surface area contributed by atoms with Gasteiger partial charge in [-0.25, -0.2) is 0 Å². The van der Waals surface area contributed by atoms with Gasteiger partial charge in [0.2, 0.25) is 5.91 Å². The summed E-state index contributed by atoms with van der Waals surface area (Å²) in [7, 11) is 1.71. The molecule has 0 bridgehead atoms. The predicted molar refractivity (Wildman–Crippen MR) is 74.7 cm³/mol. The Balaban J connectivity index is 4.14. The van der Waals surface area contributed by atoms with E-state index in [4.69, 9.17) is 4.74 Å². The summed E-state index contributed by atoms with van der Waals surface area (Å²) in [6.07, 6.45) is 0. The van der Waals surface area contributed by atoms with Crippen molar-refractivity contribution in [3.8, 4) is 0 Å². The van der Waals surface area contributed by atoms with Crippen molar-refractivity contribution < 1.29 is 14.3 Å². The summed E-state index contributed by atoms with van der Waals surface area (Å²) in [5, 5.41) is 5.76. The average molecular weight is 276 g/mol. The van der Waals surface area contributed by atoms with E-state index >= 15 is 0 Å². The molecule has 0 aromatic rings. The Morgan fingerprint density at radius 1 is 1.39 bits per heavy atom. The van der Waals surface area contributed by atoms with Gasteiger partial charge in [0.05, 0.1) is 12.4 Å². The molecule has 0 rings (SSSR count). The van der Waals surface area contributed by atoms with Crippen molar-refractivity contribution in [2.75, 3.05) is 25.2 Å². The van der Waals surface area contributed by atoms with Crippen molar-refractivity contribution >= 4 is 23.6 Å². The van der Waals surface area contributed by atoms with Crippen LogP contribution in [0.15, 0.2) is 0 Å². The Labute approximate surface area is 113 Å². The number of carbonyl (C=O) groups is 2. The molecule has 0 fully saturated rings. The van der Waals surface area contributed by atoms with Crippen LogP contribution >= 0.6 is 11.8 Å². The van der Waals surface area contributed by atoms with Crippen molar-refractivity contribution in [1.29, 1.82) is 0 Å². The highest BCUT2D eigenvalue weighted by Gasteiger charge is 2.32. The fourth-order valence-electron chi connectivity index (χ4n) is 1.24. The number of ether oxygens (including phenoxy) is 1. The van der Waals surface area contributed by atoms with Crippen LogP contribution in [0.2, 0.25) is 0 Å². The van der Waals surface area contributed by atoms with Crippen LogP contribution in [0.25, 0.3) is 0 Å². The molecule has 5 nitrogen and oxygen atoms in total. The molecule has 18 heavy (non-hydrogen) atoms. The normalized spacial score (nSPS) is 14.1. The molecule has 106 valence electrons. The van der Waals surface area contributed by atoms with Gasteiger partial charge >= 0.3 is 5.97 Å². The van der Waals surface area contributed by atoms with Gasteiger partial charge in [0.15, 0.2) is 0 Å². The predicted octanol–water partition coefficient (Wildman–Crippen LogP) is 0.785. The molecular weight excluding hydrogens is 252 g/mol. The van der Waals surface area contributed by atoms with Crippen LogP contribution < -0.4 is 10.6 Å². The number of amides is 1. The number of hydrogen-bond acceptors (Lipinski definition) is 5. The third-order valence-electron chi connectivity index (χ3n) is 2.35. The van der Waals surface area contributed by atoms with Crippen molar-refractivity contribution in [1.82, 2.24) is 10.6 Å². The number of carbonyl (C=O) groups excluding carboxylic acids is 2. The highest BCUT2D eigenvalue weighted by atomic mass is 32.2. The van der Waals surface area contributed by atoms with Crippen LogP contribution in [0.3, 0.4) is 0 Å². The largest absolute Gasteiger partial charge is 0.465 e. The van der Waals surface area contributed by atoms with E-state index in [1.165, 1.54) is 11.8 Å². The smallest absolute Gasteiger partial charge is 0.326 e. The maximum Gasteiger partial charge on any atom is 0.326 e. The molecule has 1 amide bonds. The number of esters is 1. The third-order valence-corrected chi connectivity index (χ3v) is 3.60. The second-order valence-electron chi connectivity index (χ2n) is 4.52. The van der Waals surface area contributed by atoms with Crippen LogP contribution in [0.1, 0.15) is 27.7 Å². The first-order chi connectivity index (χ1) is 8.35. The van der Waals surface area contributed by atoms with Gasteiger partial charge in [-0.15, -0.1) is 11.8 Å². The van der Waals surface area contributed by atoms with Gasteiger partial charge < -0.3 is 15.4 Å². The van der Waals surface area contributed by atoms with E-state index in [9.17, 15) is 9.59 Å². The lowest BCUT2D eigenvalue weighted by molar-refractivity contribution is -0.149. The van der Waals surface area contributed by atoms with E-state index in [1.54, 1.807) is 20.9 Å². The lowest BCUT2D eigenvalue weighted by atomic mass is 10.1. The van der Waals surface area contributed by atoms with Gasteiger partial charge in [0.1, 0.15) is 5.54 Å². The van der Waals surface area contributed by atoms with Gasteiger partial charge in [-0.1, -0.05) is 0 Å². The Kier molecular flexibility index (Phi) is 8.02. The third kappa shape index (κ3) is 6.26. The molecule has 0 aromatic heterocycles. The molecule has 0 saturated carbocycles. The summed E-state index contributed by atoms with van der Waals surface area (Å²) in [4.78, 5) is 23.2. The topological polar surface area (TPSA) is 67.4 Å². The van der Waals surface area contributed by atoms with E-state index < -0.39 is 5.54 Å². The van der Waals surface area contributed by atoms with Gasteiger partial charge in [-0.3, -0.25) is 9.59 Å². The van der Waals surface area contributed by atoms with E-state index in [0.717, 1.165) is 0 Å². The van der Waals surface area contributed by atoms with Crippen molar-refractivity contribution in [2.24, 2.45) is 0 Å². The van der Waals surface area contributed by atoms with Crippen molar-refractivity contribution in [3.63, 3.8) is 0 Å². The summed E-state index contributed by atoms with van der Waals surface area (Å²) in [5.74, 6) is 0.532. The quantitative estimate of drug-likeness (QED) is 0.642. The van der Waals surface area contributed by atoms with Crippen LogP contribution in [0.5, 0.6) is 0 Å². The molecule has 6 heteroatoms. The highest BCUT2D eigenvalue weighted by Crippen LogP contribution is 2.14. The first kappa shape index (κ1) is 17.2. The second kappa shape index (κ2) is 8.37. The molecule has 2 N–H and O–H groups in total. The zero-order valence-corrected chi connectivity index (χ0v) is 12.6. The van der Waals surface area contributed by atoms with Crippen LogP contribution in [0, 0.1) is 0 Å². The number of thioether (sulfide) groups is 1. The molecule has 0 radical (unpaired) electrons. The van der Waals surface area contributed by atoms with Crippen molar-refractivity contribution in [3.05, 3.63) is 0 Å². The summed E-state index contributed by atoms with van der Waals surface area (Å²) in [6, 6.07) is 0.138. The fourth-order valence-corrected chi connectivity index (χ4v) is 2.28. The minimum atomic E-state index is -0.751. The summed E-state index contributed by atoms with van der Waals surface area (Å²) in [6.45, 7) is 7.74. The average Bonchev–Trinajstić information content (AvgIpc) is 2.28. The maximum absolute atomic E-state index is 11.8. The van der Waals surface area contributed by atoms with Crippen LogP contribution in [0.4, 0.5) is 0 Å². The molecule has 0 aliphatic heterocycles. The van der Waals surface area contributed by atoms with E-state index in [1.807, 2.05) is 13.8 Å². The Hall–Kier alpha value is -0.750. The first-order valence-corrected chi connectivity index (χ1v) is 7.24. The second-order valence-corrected chi connectivity index (χ2v) is 5.50. The van der Waals surface area contributed by atoms with E-state index in [0.29, 0.717) is 18.1 Å². The number of likely N-dealkylation sites (N-methyl/N-ethyl adjacent to an activating group) is 1. The van der Waals surface area contributed by atoms with Crippen molar-refractivity contribution in [2.45, 2.75) is 39.3 Å². The first-order valence-electron chi connectivity index (χ1n) is 6.09. The number of rotatable bonds is 8. The molecule has 0 aliphatic rings. The van der Waals surface area contributed by atoms with Gasteiger partial charge in [0.25, 0.3) is 0 Å². The zero-order chi connectivity index (χ0) is 14.2. The van der Waals surface area contributed by atoms with Crippen LogP contribution in [-0.4, -0.2) is 48.6 Å². The van der Waals surface area contributed by atoms with Crippen LogP contribution in [-0.2, 0) is 14.3 Å². The van der Waals surface area contributed by atoms with E-state index in [2.05, 4.69) is 10.6 Å². The van der Waals surface area contributed by atoms with Gasteiger partial charge in [-0.2, -0.15) is 0 Å². The minimum Gasteiger partial charge on any atom is -0.465 e. The fraction of sp³-hybridized carbons (Fsp3) is 0.833. The number of hydrogen-bond donors (Lipinski definition) is 2. The molecule has 0 heterocycles. The molecule has 0 spiro atoms. The molecular formula is C12H24N2O3S. The standard InChI is InChI=1S/C12H24N2O3S/c1-6-17-11(16)12(4,13-5)8-18-7-10(15)14-9(2)3/h9,13H,6-8H2,1-5H3,(H,14,15). The summed E-state index contributed by atoms with van der Waals surface area (Å²) in [5.41, 5.74) is -0.751. The van der Waals surface area contributed by atoms with E-state index in [-0.39, 0.29) is 17.9 Å². The molecule has 1 unspecified atom stereocenters. The Morgan fingerprint density at radius 2 is 2.00 bits per heavy atom. The SMILES string of the molecule is CCOC(=O)C(C)(CSCC(=O)NC(C)C)NC. The highest BCUT2D eigenvalue weighted by molar-refractivity contribution is 8.00. The molecule has 0 aliphatic carbocycles. The monoisotopic (exact) mass is 276 g/mol.